The fourth-order valence-corrected chi connectivity index (χ4v) is 3.13. The first-order chi connectivity index (χ1) is 13.3. The number of para-hydroxylation sites is 1. The van der Waals surface area contributed by atoms with Gasteiger partial charge in [0.25, 0.3) is 5.91 Å². The van der Waals surface area contributed by atoms with Gasteiger partial charge in [0.1, 0.15) is 12.4 Å². The van der Waals surface area contributed by atoms with E-state index in [2.05, 4.69) is 32.5 Å². The molecule has 27 heavy (non-hydrogen) atoms. The summed E-state index contributed by atoms with van der Waals surface area (Å²) in [6, 6.07) is 19.9. The molecule has 2 aromatic carbocycles. The second-order valence-corrected chi connectivity index (χ2v) is 6.43. The van der Waals surface area contributed by atoms with Crippen LogP contribution in [0, 0.1) is 0 Å². The summed E-state index contributed by atoms with van der Waals surface area (Å²) in [5, 5.41) is 10.8. The fraction of sp³-hybridized carbons (Fsp3) is 0.250. The van der Waals surface area contributed by atoms with Crippen LogP contribution in [-0.2, 0) is 16.1 Å². The summed E-state index contributed by atoms with van der Waals surface area (Å²) in [4.78, 5) is 14.9. The largest absolute Gasteiger partial charge is 0.366 e. The maximum Gasteiger partial charge on any atom is 0.257 e. The molecule has 138 valence electrons. The van der Waals surface area contributed by atoms with Crippen LogP contribution in [0.2, 0.25) is 0 Å². The highest BCUT2D eigenvalue weighted by Crippen LogP contribution is 2.15. The summed E-state index contributed by atoms with van der Waals surface area (Å²) in [6.07, 6.45) is 1.04. The molecule has 1 amide bonds. The fourth-order valence-electron chi connectivity index (χ4n) is 3.13. The lowest BCUT2D eigenvalue weighted by molar-refractivity contribution is -0.133. The quantitative estimate of drug-likeness (QED) is 0.752. The van der Waals surface area contributed by atoms with Crippen molar-refractivity contribution in [3.05, 3.63) is 72.6 Å². The average molecular weight is 363 g/mol. The molecule has 7 nitrogen and oxygen atoms in total. The van der Waals surface area contributed by atoms with Crippen molar-refractivity contribution in [2.45, 2.75) is 12.6 Å². The van der Waals surface area contributed by atoms with Crippen LogP contribution in [0.1, 0.15) is 5.56 Å². The molecule has 4 rings (SSSR count). The van der Waals surface area contributed by atoms with Crippen LogP contribution in [0.25, 0.3) is 5.69 Å². The summed E-state index contributed by atoms with van der Waals surface area (Å²) in [5.41, 5.74) is 2.11. The van der Waals surface area contributed by atoms with Crippen LogP contribution in [0.3, 0.4) is 0 Å². The molecular formula is C20H21N5O2. The second kappa shape index (κ2) is 8.11. The van der Waals surface area contributed by atoms with Gasteiger partial charge in [-0.3, -0.25) is 19.6 Å². The number of amides is 1. The second-order valence-electron chi connectivity index (χ2n) is 6.43. The third-order valence-electron chi connectivity index (χ3n) is 4.51. The Morgan fingerprint density at radius 3 is 2.63 bits per heavy atom. The summed E-state index contributed by atoms with van der Waals surface area (Å²) in [6.45, 7) is 2.67. The predicted octanol–water partition coefficient (Wildman–Crippen LogP) is 2.11. The van der Waals surface area contributed by atoms with Crippen molar-refractivity contribution in [2.24, 2.45) is 0 Å². The Morgan fingerprint density at radius 1 is 1.11 bits per heavy atom. The van der Waals surface area contributed by atoms with Crippen LogP contribution in [-0.4, -0.2) is 51.4 Å². The molecule has 0 bridgehead atoms. The van der Waals surface area contributed by atoms with Crippen molar-refractivity contribution >= 4 is 11.9 Å². The van der Waals surface area contributed by atoms with Crippen LogP contribution in [0.15, 0.2) is 67.0 Å². The highest BCUT2D eigenvalue weighted by Gasteiger charge is 2.27. The van der Waals surface area contributed by atoms with Crippen LogP contribution >= 0.6 is 0 Å². The Hall–Kier alpha value is -3.03. The Kier molecular flexibility index (Phi) is 5.22. The number of ether oxygens (including phenoxy) is 1. The number of nitrogens with zero attached hydrogens (tertiary/aromatic N) is 4. The lowest BCUT2D eigenvalue weighted by Gasteiger charge is -2.32. The van der Waals surface area contributed by atoms with E-state index in [1.807, 2.05) is 48.5 Å². The van der Waals surface area contributed by atoms with Crippen molar-refractivity contribution in [3.63, 3.8) is 0 Å². The van der Waals surface area contributed by atoms with Crippen molar-refractivity contribution in [2.75, 3.05) is 25.0 Å². The molecule has 1 saturated heterocycles. The number of carbonyl (C=O) groups excluding carboxylic acids is 1. The van der Waals surface area contributed by atoms with Gasteiger partial charge in [0.15, 0.2) is 0 Å². The molecule has 1 atom stereocenters. The molecule has 1 aromatic heterocycles. The van der Waals surface area contributed by atoms with Crippen molar-refractivity contribution in [1.29, 1.82) is 0 Å². The van der Waals surface area contributed by atoms with Gasteiger partial charge in [0.2, 0.25) is 5.95 Å². The highest BCUT2D eigenvalue weighted by atomic mass is 16.5. The van der Waals surface area contributed by atoms with Gasteiger partial charge < -0.3 is 4.74 Å². The van der Waals surface area contributed by atoms with Crippen molar-refractivity contribution in [1.82, 2.24) is 19.7 Å². The summed E-state index contributed by atoms with van der Waals surface area (Å²) >= 11 is 0. The van der Waals surface area contributed by atoms with Gasteiger partial charge in [-0.15, -0.1) is 10.2 Å². The van der Waals surface area contributed by atoms with Gasteiger partial charge in [0.05, 0.1) is 12.3 Å². The van der Waals surface area contributed by atoms with Crippen LogP contribution in [0.5, 0.6) is 0 Å². The Bertz CT molecular complexity index is 882. The molecular weight excluding hydrogens is 342 g/mol. The molecule has 1 unspecified atom stereocenters. The van der Waals surface area contributed by atoms with Gasteiger partial charge in [-0.1, -0.05) is 48.5 Å². The smallest absolute Gasteiger partial charge is 0.257 e. The summed E-state index contributed by atoms with van der Waals surface area (Å²) in [7, 11) is 0. The Labute approximate surface area is 157 Å². The number of aromatic nitrogens is 3. The number of benzene rings is 2. The monoisotopic (exact) mass is 363 g/mol. The number of hydrogen-bond acceptors (Lipinski definition) is 5. The first-order valence-corrected chi connectivity index (χ1v) is 8.94. The first kappa shape index (κ1) is 17.4. The third-order valence-corrected chi connectivity index (χ3v) is 4.51. The zero-order valence-electron chi connectivity index (χ0n) is 14.9. The van der Waals surface area contributed by atoms with Gasteiger partial charge >= 0.3 is 0 Å². The molecule has 1 aliphatic heterocycles. The van der Waals surface area contributed by atoms with Gasteiger partial charge in [-0.2, -0.15) is 0 Å². The topological polar surface area (TPSA) is 72.3 Å². The van der Waals surface area contributed by atoms with Crippen molar-refractivity contribution in [3.8, 4) is 5.69 Å². The Morgan fingerprint density at radius 2 is 1.85 bits per heavy atom. The van der Waals surface area contributed by atoms with Gasteiger partial charge in [-0.25, -0.2) is 0 Å². The SMILES string of the molecule is O=C(Nc1nncn1-c1ccccc1)C1CN(Cc2ccccc2)CCO1. The third kappa shape index (κ3) is 4.21. The van der Waals surface area contributed by atoms with Crippen molar-refractivity contribution < 1.29 is 9.53 Å². The van der Waals surface area contributed by atoms with E-state index in [4.69, 9.17) is 4.74 Å². The number of anilines is 1. The minimum absolute atomic E-state index is 0.210. The zero-order chi connectivity index (χ0) is 18.5. The standard InChI is InChI=1S/C20H21N5O2/c26-19(22-20-23-21-15-25(20)17-9-5-2-6-10-17)18-14-24(11-12-27-18)13-16-7-3-1-4-8-16/h1-10,15,18H,11-14H2,(H,22,23,26). The molecule has 1 aliphatic rings. The zero-order valence-corrected chi connectivity index (χ0v) is 14.9. The van der Waals surface area contributed by atoms with Crippen LogP contribution in [0.4, 0.5) is 5.95 Å². The molecule has 0 saturated carbocycles. The number of nitrogens with one attached hydrogen (secondary N) is 1. The number of morpholine rings is 1. The Balaban J connectivity index is 1.41. The van der Waals surface area contributed by atoms with E-state index in [1.165, 1.54) is 5.56 Å². The predicted molar refractivity (Wildman–Crippen MR) is 101 cm³/mol. The highest BCUT2D eigenvalue weighted by molar-refractivity contribution is 5.93. The van der Waals surface area contributed by atoms with E-state index in [-0.39, 0.29) is 5.91 Å². The molecule has 2 heterocycles. The van der Waals surface area contributed by atoms with Gasteiger partial charge in [-0.05, 0) is 17.7 Å². The molecule has 7 heteroatoms. The van der Waals surface area contributed by atoms with E-state index >= 15 is 0 Å². The molecule has 1 N–H and O–H groups in total. The number of rotatable bonds is 5. The van der Waals surface area contributed by atoms with E-state index in [0.29, 0.717) is 19.1 Å². The maximum atomic E-state index is 12.7. The normalized spacial score (nSPS) is 17.6. The first-order valence-electron chi connectivity index (χ1n) is 8.94. The molecule has 0 spiro atoms. The molecule has 1 fully saturated rings. The number of hydrogen-bond donors (Lipinski definition) is 1. The summed E-state index contributed by atoms with van der Waals surface area (Å²) < 4.78 is 7.43. The summed E-state index contributed by atoms with van der Waals surface area (Å²) in [5.74, 6) is 0.174. The van der Waals surface area contributed by atoms with Crippen LogP contribution < -0.4 is 5.32 Å². The molecule has 3 aromatic rings. The lowest BCUT2D eigenvalue weighted by Crippen LogP contribution is -2.47. The minimum Gasteiger partial charge on any atom is -0.366 e. The minimum atomic E-state index is -0.539. The van der Waals surface area contributed by atoms with Gasteiger partial charge in [0, 0.05) is 19.6 Å². The average Bonchev–Trinajstić information content (AvgIpc) is 3.18. The molecule has 0 aliphatic carbocycles. The van der Waals surface area contributed by atoms with E-state index in [1.54, 1.807) is 10.9 Å². The lowest BCUT2D eigenvalue weighted by atomic mass is 10.2. The van der Waals surface area contributed by atoms with E-state index in [9.17, 15) is 4.79 Å². The molecule has 0 radical (unpaired) electrons. The maximum absolute atomic E-state index is 12.7. The van der Waals surface area contributed by atoms with E-state index < -0.39 is 6.10 Å². The van der Waals surface area contributed by atoms with E-state index in [0.717, 1.165) is 18.8 Å². The number of carbonyl (C=O) groups is 1.